The van der Waals surface area contributed by atoms with Crippen LogP contribution in [0.15, 0.2) is 0 Å². The molecule has 0 aromatic rings. The van der Waals surface area contributed by atoms with Gasteiger partial charge in [0.05, 0.1) is 0 Å². The van der Waals surface area contributed by atoms with E-state index in [1.165, 1.54) is 0 Å². The molecule has 4 heteroatoms. The molecule has 0 atom stereocenters. The molecule has 0 amide bonds. The Hall–Kier alpha value is 1.48. The van der Waals surface area contributed by atoms with Crippen LogP contribution in [0.3, 0.4) is 0 Å². The van der Waals surface area contributed by atoms with Crippen molar-refractivity contribution in [2.75, 3.05) is 0 Å². The van der Waals surface area contributed by atoms with Gasteiger partial charge < -0.3 is 0 Å². The van der Waals surface area contributed by atoms with E-state index in [9.17, 15) is 0 Å². The SMILES string of the molecule is [AlH3].[Cu].[O]=[Zn]. The summed E-state index contributed by atoms with van der Waals surface area (Å²) in [4.78, 5) is 0. The van der Waals surface area contributed by atoms with E-state index in [-0.39, 0.29) is 52.7 Å². The van der Waals surface area contributed by atoms with Crippen molar-refractivity contribution in [2.45, 2.75) is 0 Å². The summed E-state index contributed by atoms with van der Waals surface area (Å²) < 4.78 is 8.38. The summed E-state index contributed by atoms with van der Waals surface area (Å²) in [6, 6.07) is 0. The van der Waals surface area contributed by atoms with Gasteiger partial charge in [-0.3, -0.25) is 0 Å². The van der Waals surface area contributed by atoms with Gasteiger partial charge in [-0.05, 0) is 0 Å². The predicted octanol–water partition coefficient (Wildman–Crippen LogP) is -1.31. The predicted molar refractivity (Wildman–Crippen MR) is 10.6 cm³/mol. The van der Waals surface area contributed by atoms with Gasteiger partial charge >= 0.3 is 21.8 Å². The molecule has 0 aliphatic carbocycles. The van der Waals surface area contributed by atoms with E-state index in [2.05, 4.69) is 0 Å². The van der Waals surface area contributed by atoms with Crippen LogP contribution in [-0.2, 0) is 38.9 Å². The Labute approximate surface area is 56.1 Å². The maximum atomic E-state index is 8.38. The van der Waals surface area contributed by atoms with Crippen LogP contribution in [0, 0.1) is 0 Å². The van der Waals surface area contributed by atoms with Crippen LogP contribution in [0.25, 0.3) is 0 Å². The molecule has 0 saturated carbocycles. The van der Waals surface area contributed by atoms with E-state index in [0.29, 0.717) is 0 Å². The van der Waals surface area contributed by atoms with E-state index in [4.69, 9.17) is 3.57 Å². The topological polar surface area (TPSA) is 17.1 Å². The first-order valence-corrected chi connectivity index (χ1v) is 1.50. The Balaban J connectivity index is -0.00000000500. The molecule has 0 aromatic carbocycles. The second-order valence-electron chi connectivity index (χ2n) is 0. The third-order valence-electron chi connectivity index (χ3n) is 0. The van der Waals surface area contributed by atoms with Crippen LogP contribution in [0.1, 0.15) is 0 Å². The molecule has 25 valence electrons. The fourth-order valence-corrected chi connectivity index (χ4v) is 0. The Bertz CT molecular complexity index is 8.00. The van der Waals surface area contributed by atoms with E-state index in [1.54, 1.807) is 0 Å². The zero-order valence-corrected chi connectivity index (χ0v) is 5.33. The minimum absolute atomic E-state index is 0. The van der Waals surface area contributed by atoms with E-state index < -0.39 is 0 Å². The monoisotopic (exact) mass is 173 g/mol. The minimum atomic E-state index is 0. The van der Waals surface area contributed by atoms with Crippen LogP contribution in [-0.4, -0.2) is 17.4 Å². The van der Waals surface area contributed by atoms with Crippen molar-refractivity contribution in [2.24, 2.45) is 0 Å². The normalized spacial score (nSPS) is 1.50. The molecule has 0 aliphatic rings. The summed E-state index contributed by atoms with van der Waals surface area (Å²) in [6.45, 7) is 0. The van der Waals surface area contributed by atoms with Gasteiger partial charge in [-0.1, -0.05) is 0 Å². The molecule has 1 nitrogen and oxygen atoms in total. The Morgan fingerprint density at radius 1 is 1.25 bits per heavy atom. The second kappa shape index (κ2) is 24.8. The first-order chi connectivity index (χ1) is 1.00. The van der Waals surface area contributed by atoms with E-state index >= 15 is 0 Å². The quantitative estimate of drug-likeness (QED) is 0.418. The molecule has 0 heterocycles. The average molecular weight is 175 g/mol. The molecule has 0 aliphatic heterocycles. The zero-order chi connectivity index (χ0) is 2.00. The van der Waals surface area contributed by atoms with Crippen LogP contribution in [0.5, 0.6) is 0 Å². The van der Waals surface area contributed by atoms with Gasteiger partial charge in [0.1, 0.15) is 0 Å². The standard InChI is InChI=1S/Al.Cu.O.Zn.3H. The molecule has 1 radical (unpaired) electrons. The molecule has 0 aromatic heterocycles. The van der Waals surface area contributed by atoms with Crippen molar-refractivity contribution < 1.29 is 38.9 Å². The van der Waals surface area contributed by atoms with Crippen molar-refractivity contribution in [3.05, 3.63) is 0 Å². The Morgan fingerprint density at radius 3 is 1.25 bits per heavy atom. The summed E-state index contributed by atoms with van der Waals surface area (Å²) >= 11 is 0.125. The maximum absolute atomic E-state index is 8.38. The molecule has 0 bridgehead atoms. The van der Waals surface area contributed by atoms with Crippen molar-refractivity contribution in [3.8, 4) is 0 Å². The van der Waals surface area contributed by atoms with Crippen LogP contribution >= 0.6 is 0 Å². The molecule has 4 heavy (non-hydrogen) atoms. The molecule has 0 rings (SSSR count). The summed E-state index contributed by atoms with van der Waals surface area (Å²) in [5.74, 6) is 0. The fraction of sp³-hybridized carbons (Fsp3) is 0. The fourth-order valence-electron chi connectivity index (χ4n) is 0. The van der Waals surface area contributed by atoms with Gasteiger partial charge in [0, 0.05) is 17.1 Å². The zero-order valence-electron chi connectivity index (χ0n) is 1.42. The molecule has 0 saturated heterocycles. The third kappa shape index (κ3) is 9.78. The molecule has 0 fully saturated rings. The molecule has 0 spiro atoms. The summed E-state index contributed by atoms with van der Waals surface area (Å²) in [7, 11) is 0. The first-order valence-electron chi connectivity index (χ1n) is 0.289. The van der Waals surface area contributed by atoms with Crippen LogP contribution in [0.2, 0.25) is 0 Å². The number of hydrogen-bond donors (Lipinski definition) is 0. The summed E-state index contributed by atoms with van der Waals surface area (Å²) in [5, 5.41) is 0. The van der Waals surface area contributed by atoms with E-state index in [1.807, 2.05) is 0 Å². The van der Waals surface area contributed by atoms with Crippen molar-refractivity contribution >= 4 is 17.4 Å². The molecule has 0 unspecified atom stereocenters. The third-order valence-corrected chi connectivity index (χ3v) is 0. The molecular weight excluding hydrogens is 172 g/mol. The van der Waals surface area contributed by atoms with Crippen molar-refractivity contribution in [1.29, 1.82) is 0 Å². The van der Waals surface area contributed by atoms with E-state index in [0.717, 1.165) is 0 Å². The number of hydrogen-bond acceptors (Lipinski definition) is 1. The van der Waals surface area contributed by atoms with Gasteiger partial charge in [-0.25, -0.2) is 0 Å². The number of rotatable bonds is 0. The second-order valence-corrected chi connectivity index (χ2v) is 0. The van der Waals surface area contributed by atoms with Gasteiger partial charge in [-0.15, -0.1) is 0 Å². The van der Waals surface area contributed by atoms with Crippen molar-refractivity contribution in [3.63, 3.8) is 0 Å². The Morgan fingerprint density at radius 2 is 1.25 bits per heavy atom. The van der Waals surface area contributed by atoms with Gasteiger partial charge in [0.25, 0.3) is 0 Å². The van der Waals surface area contributed by atoms with Crippen LogP contribution in [0.4, 0.5) is 0 Å². The summed E-state index contributed by atoms with van der Waals surface area (Å²) in [6.07, 6.45) is 0. The van der Waals surface area contributed by atoms with Gasteiger partial charge in [0.15, 0.2) is 17.4 Å². The van der Waals surface area contributed by atoms with Gasteiger partial charge in [-0.2, -0.15) is 0 Å². The van der Waals surface area contributed by atoms with Crippen LogP contribution < -0.4 is 0 Å². The summed E-state index contributed by atoms with van der Waals surface area (Å²) in [5.41, 5.74) is 0. The first kappa shape index (κ1) is 17.9. The van der Waals surface area contributed by atoms with Crippen molar-refractivity contribution in [1.82, 2.24) is 0 Å². The molecular formula is H3AlCuOZn. The average Bonchev–Trinajstić information content (AvgIpc) is 1.00. The molecule has 0 N–H and O–H groups in total. The van der Waals surface area contributed by atoms with Gasteiger partial charge in [0.2, 0.25) is 0 Å². The Kier molecular flexibility index (Phi) is 111.